The highest BCUT2D eigenvalue weighted by molar-refractivity contribution is 7.86. The van der Waals surface area contributed by atoms with Gasteiger partial charge in [-0.05, 0) is 65.9 Å². The van der Waals surface area contributed by atoms with E-state index >= 15 is 0 Å². The normalized spacial score (nSPS) is 13.4. The van der Waals surface area contributed by atoms with Crippen LogP contribution in [0.4, 0.5) is 26.3 Å². The number of halogens is 6. The number of methoxy groups -OCH3 is 2. The van der Waals surface area contributed by atoms with E-state index in [-0.39, 0.29) is 11.5 Å². The van der Waals surface area contributed by atoms with E-state index in [1.165, 1.54) is 64.9 Å². The third-order valence-electron chi connectivity index (χ3n) is 8.42. The number of nitrogens with zero attached hydrogens (tertiary/aromatic N) is 1. The van der Waals surface area contributed by atoms with Gasteiger partial charge >= 0.3 is 22.5 Å². The molecular weight excluding hydrogens is 684 g/mol. The van der Waals surface area contributed by atoms with Crippen molar-refractivity contribution in [2.75, 3.05) is 14.2 Å². The van der Waals surface area contributed by atoms with Crippen LogP contribution in [0.3, 0.4) is 0 Å². The Hall–Kier alpha value is -3.74. The lowest BCUT2D eigenvalue weighted by Gasteiger charge is -2.29. The van der Waals surface area contributed by atoms with Gasteiger partial charge in [0.2, 0.25) is 0 Å². The fraction of sp³-hybridized carbons (Fsp3) is 0.486. The lowest BCUT2D eigenvalue weighted by Crippen LogP contribution is -2.38. The summed E-state index contributed by atoms with van der Waals surface area (Å²) in [6.07, 6.45) is 1.62. The largest absolute Gasteiger partial charge is 0.497 e. The number of hydrogen-bond donors (Lipinski definition) is 0. The first-order valence-electron chi connectivity index (χ1n) is 16.7. The number of unbranched alkanes of at least 4 members (excludes halogenated alkanes) is 9. The summed E-state index contributed by atoms with van der Waals surface area (Å²) in [4.78, 5) is -0.464. The van der Waals surface area contributed by atoms with Crippen LogP contribution in [-0.4, -0.2) is 40.7 Å². The Morgan fingerprint density at radius 3 is 1.40 bits per heavy atom. The minimum Gasteiger partial charge on any atom is -0.497 e. The van der Waals surface area contributed by atoms with Gasteiger partial charge < -0.3 is 9.47 Å². The minimum absolute atomic E-state index is 0.158. The fourth-order valence-electron chi connectivity index (χ4n) is 5.69. The van der Waals surface area contributed by atoms with Crippen LogP contribution >= 0.6 is 0 Å². The van der Waals surface area contributed by atoms with Gasteiger partial charge in [-0.3, -0.25) is 4.28 Å². The second-order valence-corrected chi connectivity index (χ2v) is 13.6. The molecule has 0 N–H and O–H groups in total. The maximum atomic E-state index is 14.7. The summed E-state index contributed by atoms with van der Waals surface area (Å²) in [5.41, 5.74) is -2.03. The van der Waals surface area contributed by atoms with E-state index in [0.29, 0.717) is 6.42 Å². The molecule has 0 saturated carbocycles. The molecular formula is C37H45F6NO5S. The molecule has 2 unspecified atom stereocenters. The molecule has 50 heavy (non-hydrogen) atoms. The molecule has 0 aromatic heterocycles. The van der Waals surface area contributed by atoms with Crippen LogP contribution in [0.5, 0.6) is 11.5 Å². The van der Waals surface area contributed by atoms with Crippen LogP contribution in [0.2, 0.25) is 0 Å². The number of hydrogen-bond acceptors (Lipinski definition) is 6. The van der Waals surface area contributed by atoms with Crippen LogP contribution in [-0.2, 0) is 20.8 Å². The number of ether oxygens (including phenoxy) is 2. The molecule has 6 nitrogen and oxygen atoms in total. The van der Waals surface area contributed by atoms with Crippen molar-refractivity contribution in [2.45, 2.75) is 107 Å². The zero-order valence-electron chi connectivity index (χ0n) is 28.5. The molecule has 0 saturated heterocycles. The summed E-state index contributed by atoms with van der Waals surface area (Å²) in [7, 11) is -2.37. The predicted octanol–water partition coefficient (Wildman–Crippen LogP) is 10.9. The molecule has 0 radical (unpaired) electrons. The topological polar surface area (TPSA) is 74.2 Å². The van der Waals surface area contributed by atoms with Crippen molar-refractivity contribution in [3.05, 3.63) is 89.5 Å². The van der Waals surface area contributed by atoms with E-state index in [9.17, 15) is 34.8 Å². The number of alkyl halides is 6. The minimum atomic E-state index is -5.34. The lowest BCUT2D eigenvalue weighted by molar-refractivity contribution is -0.148. The number of benzene rings is 3. The zero-order valence-corrected chi connectivity index (χ0v) is 29.3. The fourth-order valence-corrected chi connectivity index (χ4v) is 6.43. The van der Waals surface area contributed by atoms with Gasteiger partial charge in [-0.25, -0.2) is 0 Å². The monoisotopic (exact) mass is 729 g/mol. The van der Waals surface area contributed by atoms with Crippen LogP contribution in [0, 0.1) is 0 Å². The molecule has 0 aliphatic heterocycles. The molecule has 0 amide bonds. The summed E-state index contributed by atoms with van der Waals surface area (Å²) < 4.78 is 129. The van der Waals surface area contributed by atoms with Gasteiger partial charge in [0.25, 0.3) is 0 Å². The molecule has 13 heteroatoms. The molecule has 0 spiro atoms. The molecule has 0 fully saturated rings. The summed E-state index contributed by atoms with van der Waals surface area (Å²) >= 11 is 0. The van der Waals surface area contributed by atoms with Crippen molar-refractivity contribution in [2.24, 2.45) is 5.16 Å². The van der Waals surface area contributed by atoms with E-state index in [0.717, 1.165) is 79.8 Å². The third kappa shape index (κ3) is 12.2. The van der Waals surface area contributed by atoms with E-state index in [2.05, 4.69) is 16.4 Å². The van der Waals surface area contributed by atoms with Gasteiger partial charge in [-0.2, -0.15) is 34.8 Å². The first kappa shape index (κ1) is 40.7. The highest BCUT2D eigenvalue weighted by Crippen LogP contribution is 2.46. The van der Waals surface area contributed by atoms with Crippen LogP contribution in [0.25, 0.3) is 0 Å². The molecule has 0 heterocycles. The van der Waals surface area contributed by atoms with Crippen molar-refractivity contribution in [3.8, 4) is 11.5 Å². The van der Waals surface area contributed by atoms with Crippen molar-refractivity contribution >= 4 is 15.8 Å². The first-order chi connectivity index (χ1) is 23.7. The van der Waals surface area contributed by atoms with Gasteiger partial charge in [-0.15, -0.1) is 0 Å². The Bertz CT molecular complexity index is 1510. The van der Waals surface area contributed by atoms with E-state index < -0.39 is 56.0 Å². The number of rotatable bonds is 20. The Morgan fingerprint density at radius 1 is 0.620 bits per heavy atom. The maximum Gasteiger partial charge on any atom is 0.401 e. The summed E-state index contributed by atoms with van der Waals surface area (Å²) in [6, 6.07) is 13.8. The van der Waals surface area contributed by atoms with Crippen LogP contribution in [0.15, 0.2) is 82.8 Å². The first-order valence-corrected chi connectivity index (χ1v) is 18.1. The quantitative estimate of drug-likeness (QED) is 0.0501. The average Bonchev–Trinajstić information content (AvgIpc) is 3.07. The predicted molar refractivity (Wildman–Crippen MR) is 181 cm³/mol. The second-order valence-electron chi connectivity index (χ2n) is 12.1. The molecule has 276 valence electrons. The van der Waals surface area contributed by atoms with Gasteiger partial charge in [0.05, 0.1) is 19.9 Å². The highest BCUT2D eigenvalue weighted by Gasteiger charge is 2.54. The summed E-state index contributed by atoms with van der Waals surface area (Å²) in [5, 5.41) is 3.20. The van der Waals surface area contributed by atoms with Gasteiger partial charge in [0, 0.05) is 0 Å². The smallest absolute Gasteiger partial charge is 0.401 e. The molecule has 2 atom stereocenters. The van der Waals surface area contributed by atoms with E-state index in [1.54, 1.807) is 12.1 Å². The average molecular weight is 730 g/mol. The second kappa shape index (κ2) is 19.0. The van der Waals surface area contributed by atoms with Gasteiger partial charge in [0.15, 0.2) is 0 Å². The van der Waals surface area contributed by atoms with Crippen molar-refractivity contribution < 1.29 is 48.5 Å². The number of oxime groups is 1. The zero-order chi connectivity index (χ0) is 36.8. The Balaban J connectivity index is 1.88. The summed E-state index contributed by atoms with van der Waals surface area (Å²) in [6.45, 7) is 2.19. The molecule has 3 aromatic rings. The standard InChI is InChI=1S/C37H45F6NO5S/c1-4-5-6-7-8-9-10-11-12-13-14-27-15-25-32(26-16-27)50(45,46)49-44-35(33(36(38,39)40)28-17-21-30(47-2)22-18-28)34(37(41,42)43)29-19-23-31(48-3)24-20-29/h15-26,33-34H,4-14H2,1-3H3. The highest BCUT2D eigenvalue weighted by atomic mass is 32.2. The SMILES string of the molecule is CCCCCCCCCCCCc1ccc(S(=O)(=O)ON=C(C(c2ccc(OC)cc2)C(F)(F)F)C(c2ccc(OC)cc2)C(F)(F)F)cc1. The Labute approximate surface area is 290 Å². The number of aryl methyl sites for hydroxylation is 1. The van der Waals surface area contributed by atoms with Gasteiger partial charge in [-0.1, -0.05) is 106 Å². The molecule has 3 rings (SSSR count). The van der Waals surface area contributed by atoms with Crippen molar-refractivity contribution in [1.29, 1.82) is 0 Å². The van der Waals surface area contributed by atoms with Crippen molar-refractivity contribution in [3.63, 3.8) is 0 Å². The summed E-state index contributed by atoms with van der Waals surface area (Å²) in [5.74, 6) is -5.68. The molecule has 0 aliphatic rings. The van der Waals surface area contributed by atoms with Crippen LogP contribution < -0.4 is 9.47 Å². The Kier molecular flexibility index (Phi) is 15.5. The van der Waals surface area contributed by atoms with Crippen LogP contribution in [0.1, 0.15) is 99.7 Å². The molecule has 3 aromatic carbocycles. The van der Waals surface area contributed by atoms with Gasteiger partial charge in [0.1, 0.15) is 28.2 Å². The maximum absolute atomic E-state index is 14.7. The van der Waals surface area contributed by atoms with E-state index in [4.69, 9.17) is 9.47 Å². The van der Waals surface area contributed by atoms with Crippen molar-refractivity contribution in [1.82, 2.24) is 0 Å². The third-order valence-corrected chi connectivity index (χ3v) is 9.54. The lowest BCUT2D eigenvalue weighted by atomic mass is 9.82. The van der Waals surface area contributed by atoms with E-state index in [1.807, 2.05) is 0 Å². The Morgan fingerprint density at radius 2 is 1.02 bits per heavy atom. The molecule has 0 aliphatic carbocycles. The molecule has 0 bridgehead atoms.